The van der Waals surface area contributed by atoms with Crippen LogP contribution in [0.4, 0.5) is 0 Å². The van der Waals surface area contributed by atoms with Crippen molar-refractivity contribution in [1.29, 1.82) is 0 Å². The summed E-state index contributed by atoms with van der Waals surface area (Å²) in [5.41, 5.74) is 0. The van der Waals surface area contributed by atoms with Gasteiger partial charge in [0.05, 0.1) is 6.54 Å². The monoisotopic (exact) mass is 316 g/mol. The van der Waals surface area contributed by atoms with Crippen molar-refractivity contribution in [1.82, 2.24) is 19.8 Å². The average molecular weight is 316 g/mol. The molecule has 1 saturated heterocycles. The molecule has 0 spiro atoms. The fourth-order valence-corrected chi connectivity index (χ4v) is 5.27. The van der Waals surface area contributed by atoms with Gasteiger partial charge in [-0.25, -0.2) is 13.1 Å². The van der Waals surface area contributed by atoms with Crippen molar-refractivity contribution >= 4 is 21.4 Å². The predicted molar refractivity (Wildman–Crippen MR) is 78.0 cm³/mol. The Bertz CT molecular complexity index is 560. The van der Waals surface area contributed by atoms with E-state index in [0.717, 1.165) is 35.7 Å². The molecule has 0 amide bonds. The van der Waals surface area contributed by atoms with E-state index in [9.17, 15) is 8.42 Å². The lowest BCUT2D eigenvalue weighted by molar-refractivity contribution is 0.174. The lowest BCUT2D eigenvalue weighted by atomic mass is 10.2. The topological polar surface area (TPSA) is 75.2 Å². The minimum atomic E-state index is -3.15. The molecular weight excluding hydrogens is 296 g/mol. The Morgan fingerprint density at radius 3 is 2.60 bits per heavy atom. The maximum absolute atomic E-state index is 12.2. The van der Waals surface area contributed by atoms with Crippen molar-refractivity contribution in [2.45, 2.75) is 50.4 Å². The first-order chi connectivity index (χ1) is 9.53. The third-order valence-electron chi connectivity index (χ3n) is 3.98. The number of nitrogens with one attached hydrogen (secondary N) is 1. The van der Waals surface area contributed by atoms with Crippen LogP contribution in [0.3, 0.4) is 0 Å². The van der Waals surface area contributed by atoms with E-state index < -0.39 is 10.0 Å². The summed E-state index contributed by atoms with van der Waals surface area (Å²) in [6, 6.07) is 0.167. The summed E-state index contributed by atoms with van der Waals surface area (Å²) in [6.45, 7) is 3.83. The SMILES string of the molecule is Cc1nnc(CN2CC(S(=O)(=O)NC3CCCC3)C2)s1. The van der Waals surface area contributed by atoms with E-state index in [-0.39, 0.29) is 11.3 Å². The normalized spacial score (nSPS) is 22.2. The molecule has 0 radical (unpaired) electrons. The van der Waals surface area contributed by atoms with Crippen LogP contribution in [0.25, 0.3) is 0 Å². The van der Waals surface area contributed by atoms with Crippen LogP contribution in [0.15, 0.2) is 0 Å². The quantitative estimate of drug-likeness (QED) is 0.873. The Kier molecular flexibility index (Phi) is 4.07. The number of aryl methyl sites for hydroxylation is 1. The number of hydrogen-bond donors (Lipinski definition) is 1. The van der Waals surface area contributed by atoms with Gasteiger partial charge in [-0.05, 0) is 19.8 Å². The third kappa shape index (κ3) is 3.19. The minimum Gasteiger partial charge on any atom is -0.294 e. The van der Waals surface area contributed by atoms with E-state index in [1.807, 2.05) is 6.92 Å². The zero-order valence-corrected chi connectivity index (χ0v) is 13.2. The molecule has 1 aromatic rings. The highest BCUT2D eigenvalue weighted by Gasteiger charge is 2.38. The number of rotatable bonds is 5. The second-order valence-corrected chi connectivity index (χ2v) is 8.93. The van der Waals surface area contributed by atoms with E-state index in [0.29, 0.717) is 19.6 Å². The van der Waals surface area contributed by atoms with Crippen molar-refractivity contribution in [2.24, 2.45) is 0 Å². The Morgan fingerprint density at radius 1 is 1.30 bits per heavy atom. The smallest absolute Gasteiger partial charge is 0.217 e. The molecule has 0 unspecified atom stereocenters. The van der Waals surface area contributed by atoms with Crippen molar-refractivity contribution in [3.8, 4) is 0 Å². The second kappa shape index (κ2) is 5.67. The number of aromatic nitrogens is 2. The lowest BCUT2D eigenvalue weighted by Gasteiger charge is -2.38. The van der Waals surface area contributed by atoms with E-state index in [1.54, 1.807) is 11.3 Å². The summed E-state index contributed by atoms with van der Waals surface area (Å²) in [5, 5.41) is 9.69. The van der Waals surface area contributed by atoms with E-state index in [1.165, 1.54) is 0 Å². The number of hydrogen-bond acceptors (Lipinski definition) is 6. The summed E-state index contributed by atoms with van der Waals surface area (Å²) in [6.07, 6.45) is 4.25. The highest BCUT2D eigenvalue weighted by atomic mass is 32.2. The van der Waals surface area contributed by atoms with Gasteiger partial charge in [0, 0.05) is 19.1 Å². The van der Waals surface area contributed by atoms with Crippen LogP contribution in [-0.4, -0.2) is 47.9 Å². The van der Waals surface area contributed by atoms with Crippen molar-refractivity contribution in [3.63, 3.8) is 0 Å². The average Bonchev–Trinajstić information content (AvgIpc) is 2.94. The molecule has 2 fully saturated rings. The standard InChI is InChI=1S/C12H20N4O2S2/c1-9-13-14-12(19-9)8-16-6-11(7-16)20(17,18)15-10-4-2-3-5-10/h10-11,15H,2-8H2,1H3. The first-order valence-electron chi connectivity index (χ1n) is 7.05. The van der Waals surface area contributed by atoms with Crippen LogP contribution in [0.1, 0.15) is 35.7 Å². The Labute approximate surface area is 123 Å². The second-order valence-electron chi connectivity index (χ2n) is 5.68. The molecule has 20 heavy (non-hydrogen) atoms. The molecule has 0 aromatic carbocycles. The van der Waals surface area contributed by atoms with Crippen LogP contribution >= 0.6 is 11.3 Å². The molecule has 2 aliphatic rings. The maximum Gasteiger partial charge on any atom is 0.217 e. The van der Waals surface area contributed by atoms with Gasteiger partial charge in [-0.15, -0.1) is 21.5 Å². The van der Waals surface area contributed by atoms with Crippen molar-refractivity contribution in [3.05, 3.63) is 10.0 Å². The number of likely N-dealkylation sites (tertiary alicyclic amines) is 1. The highest BCUT2D eigenvalue weighted by Crippen LogP contribution is 2.23. The van der Waals surface area contributed by atoms with Gasteiger partial charge in [-0.1, -0.05) is 12.8 Å². The third-order valence-corrected chi connectivity index (χ3v) is 6.64. The fourth-order valence-electron chi connectivity index (χ4n) is 2.81. The van der Waals surface area contributed by atoms with Gasteiger partial charge in [0.15, 0.2) is 0 Å². The lowest BCUT2D eigenvalue weighted by Crippen LogP contribution is -2.57. The minimum absolute atomic E-state index is 0.167. The fraction of sp³-hybridized carbons (Fsp3) is 0.833. The van der Waals surface area contributed by atoms with Crippen LogP contribution in [0.5, 0.6) is 0 Å². The molecule has 2 heterocycles. The van der Waals surface area contributed by atoms with Gasteiger partial charge < -0.3 is 0 Å². The van der Waals surface area contributed by atoms with Crippen LogP contribution < -0.4 is 4.72 Å². The highest BCUT2D eigenvalue weighted by molar-refractivity contribution is 7.90. The van der Waals surface area contributed by atoms with Crippen LogP contribution in [0.2, 0.25) is 0 Å². The van der Waals surface area contributed by atoms with Crippen LogP contribution in [-0.2, 0) is 16.6 Å². The van der Waals surface area contributed by atoms with Gasteiger partial charge in [0.1, 0.15) is 15.3 Å². The maximum atomic E-state index is 12.2. The van der Waals surface area contributed by atoms with Gasteiger partial charge >= 0.3 is 0 Å². The molecule has 1 aliphatic heterocycles. The molecule has 112 valence electrons. The van der Waals surface area contributed by atoms with E-state index in [2.05, 4.69) is 19.8 Å². The zero-order valence-electron chi connectivity index (χ0n) is 11.6. The first-order valence-corrected chi connectivity index (χ1v) is 9.42. The molecule has 1 saturated carbocycles. The summed E-state index contributed by atoms with van der Waals surface area (Å²) >= 11 is 1.57. The molecule has 1 aliphatic carbocycles. The predicted octanol–water partition coefficient (Wildman–Crippen LogP) is 0.893. The largest absolute Gasteiger partial charge is 0.294 e. The molecule has 6 nitrogen and oxygen atoms in total. The van der Waals surface area contributed by atoms with Crippen molar-refractivity contribution in [2.75, 3.05) is 13.1 Å². The van der Waals surface area contributed by atoms with Gasteiger partial charge in [0.2, 0.25) is 10.0 Å². The molecule has 8 heteroatoms. The molecule has 0 bridgehead atoms. The molecule has 1 N–H and O–H groups in total. The summed E-state index contributed by atoms with van der Waals surface area (Å²) in [5.74, 6) is 0. The number of sulfonamides is 1. The van der Waals surface area contributed by atoms with Gasteiger partial charge in [-0.3, -0.25) is 4.90 Å². The molecule has 0 atom stereocenters. The van der Waals surface area contributed by atoms with Crippen LogP contribution in [0, 0.1) is 6.92 Å². The van der Waals surface area contributed by atoms with Crippen molar-refractivity contribution < 1.29 is 8.42 Å². The Morgan fingerprint density at radius 2 is 2.00 bits per heavy atom. The summed E-state index contributed by atoms with van der Waals surface area (Å²) in [4.78, 5) is 2.11. The molecular formula is C12H20N4O2S2. The Hall–Kier alpha value is -0.570. The van der Waals surface area contributed by atoms with E-state index in [4.69, 9.17) is 0 Å². The summed E-state index contributed by atoms with van der Waals surface area (Å²) < 4.78 is 27.3. The molecule has 3 rings (SSSR count). The Balaban J connectivity index is 1.49. The number of nitrogens with zero attached hydrogens (tertiary/aromatic N) is 3. The summed E-state index contributed by atoms with van der Waals surface area (Å²) in [7, 11) is -3.15. The van der Waals surface area contributed by atoms with E-state index >= 15 is 0 Å². The first kappa shape index (κ1) is 14.4. The van der Waals surface area contributed by atoms with Gasteiger partial charge in [0.25, 0.3) is 0 Å². The molecule has 1 aromatic heterocycles. The van der Waals surface area contributed by atoms with Gasteiger partial charge in [-0.2, -0.15) is 0 Å². The zero-order chi connectivity index (χ0) is 14.2.